The molecule has 3 rings (SSSR count). The first-order valence-corrected chi connectivity index (χ1v) is 7.98. The minimum Gasteiger partial charge on any atom is -0.476 e. The van der Waals surface area contributed by atoms with Gasteiger partial charge in [-0.05, 0) is 30.7 Å². The second-order valence-electron chi connectivity index (χ2n) is 5.47. The van der Waals surface area contributed by atoms with E-state index in [-0.39, 0.29) is 10.7 Å². The summed E-state index contributed by atoms with van der Waals surface area (Å²) in [7, 11) is 0. The number of benzene rings is 1. The fourth-order valence-electron chi connectivity index (χ4n) is 2.80. The Balaban J connectivity index is 1.76. The molecular weight excluding hydrogens is 314 g/mol. The van der Waals surface area contributed by atoms with Crippen molar-refractivity contribution in [3.8, 4) is 0 Å². The summed E-state index contributed by atoms with van der Waals surface area (Å²) >= 11 is 5.90. The van der Waals surface area contributed by atoms with E-state index >= 15 is 0 Å². The molecule has 0 unspecified atom stereocenters. The first-order chi connectivity index (χ1) is 11.1. The number of nitrogens with zero attached hydrogens (tertiary/aromatic N) is 3. The van der Waals surface area contributed by atoms with E-state index in [0.29, 0.717) is 5.82 Å². The zero-order valence-corrected chi connectivity index (χ0v) is 13.4. The number of hydrogen-bond acceptors (Lipinski definition) is 4. The third kappa shape index (κ3) is 3.56. The Morgan fingerprint density at radius 1 is 1.00 bits per heavy atom. The molecule has 0 amide bonds. The van der Waals surface area contributed by atoms with Gasteiger partial charge in [-0.25, -0.2) is 9.78 Å². The van der Waals surface area contributed by atoms with E-state index < -0.39 is 5.97 Å². The van der Waals surface area contributed by atoms with Gasteiger partial charge in [-0.2, -0.15) is 0 Å². The highest BCUT2D eigenvalue weighted by atomic mass is 35.5. The van der Waals surface area contributed by atoms with E-state index in [1.54, 1.807) is 12.1 Å². The first-order valence-electron chi connectivity index (χ1n) is 7.60. The van der Waals surface area contributed by atoms with E-state index in [9.17, 15) is 4.79 Å². The summed E-state index contributed by atoms with van der Waals surface area (Å²) in [4.78, 5) is 19.9. The number of para-hydroxylation sites is 1. The van der Waals surface area contributed by atoms with E-state index in [2.05, 4.69) is 26.9 Å². The monoisotopic (exact) mass is 331 g/mol. The molecule has 120 valence electrons. The standard InChI is InChI=1S/C17H18ClN3O2/c18-14-7-8-15(19-16(14)17(22)23)21-10-4-9-20(11-12-21)13-5-2-1-3-6-13/h1-3,5-8H,4,9-12H2,(H,22,23). The van der Waals surface area contributed by atoms with Gasteiger partial charge >= 0.3 is 5.97 Å². The van der Waals surface area contributed by atoms with E-state index in [4.69, 9.17) is 16.7 Å². The van der Waals surface area contributed by atoms with Gasteiger partial charge < -0.3 is 14.9 Å². The van der Waals surface area contributed by atoms with Crippen LogP contribution in [0.5, 0.6) is 0 Å². The van der Waals surface area contributed by atoms with Crippen LogP contribution in [0.15, 0.2) is 42.5 Å². The minimum absolute atomic E-state index is 0.0895. The highest BCUT2D eigenvalue weighted by Gasteiger charge is 2.19. The summed E-state index contributed by atoms with van der Waals surface area (Å²) in [5.74, 6) is -0.431. The lowest BCUT2D eigenvalue weighted by molar-refractivity contribution is 0.0691. The number of rotatable bonds is 3. The molecule has 1 aliphatic rings. The molecule has 0 atom stereocenters. The van der Waals surface area contributed by atoms with Crippen molar-refractivity contribution in [3.63, 3.8) is 0 Å². The topological polar surface area (TPSA) is 56.7 Å². The van der Waals surface area contributed by atoms with E-state index in [0.717, 1.165) is 32.6 Å². The van der Waals surface area contributed by atoms with Crippen LogP contribution in [0.4, 0.5) is 11.5 Å². The number of pyridine rings is 1. The molecule has 23 heavy (non-hydrogen) atoms. The van der Waals surface area contributed by atoms with Crippen LogP contribution in [-0.4, -0.2) is 42.2 Å². The third-order valence-corrected chi connectivity index (χ3v) is 4.28. The van der Waals surface area contributed by atoms with Gasteiger partial charge in [-0.15, -0.1) is 0 Å². The minimum atomic E-state index is -1.10. The summed E-state index contributed by atoms with van der Waals surface area (Å²) in [5.41, 5.74) is 1.12. The largest absolute Gasteiger partial charge is 0.476 e. The molecule has 0 spiro atoms. The summed E-state index contributed by atoms with van der Waals surface area (Å²) < 4.78 is 0. The summed E-state index contributed by atoms with van der Waals surface area (Å²) in [6.45, 7) is 3.48. The van der Waals surface area contributed by atoms with Gasteiger partial charge in [-0.3, -0.25) is 0 Å². The predicted octanol–water partition coefficient (Wildman–Crippen LogP) is 3.15. The maximum Gasteiger partial charge on any atom is 0.356 e. The molecule has 0 saturated carbocycles. The summed E-state index contributed by atoms with van der Waals surface area (Å²) in [6, 6.07) is 13.7. The maximum atomic E-state index is 11.2. The van der Waals surface area contributed by atoms with Crippen molar-refractivity contribution < 1.29 is 9.90 Å². The van der Waals surface area contributed by atoms with Crippen LogP contribution in [0.25, 0.3) is 0 Å². The second kappa shape index (κ2) is 6.87. The van der Waals surface area contributed by atoms with Gasteiger partial charge in [0.1, 0.15) is 5.82 Å². The molecule has 0 radical (unpaired) electrons. The molecule has 2 heterocycles. The average Bonchev–Trinajstić information content (AvgIpc) is 2.82. The number of carboxylic acids is 1. The molecule has 2 aromatic rings. The van der Waals surface area contributed by atoms with Crippen LogP contribution >= 0.6 is 11.6 Å². The average molecular weight is 332 g/mol. The molecule has 1 aromatic carbocycles. The van der Waals surface area contributed by atoms with Crippen LogP contribution < -0.4 is 9.80 Å². The molecule has 1 fully saturated rings. The third-order valence-electron chi connectivity index (χ3n) is 3.98. The Morgan fingerprint density at radius 3 is 2.43 bits per heavy atom. The molecular formula is C17H18ClN3O2. The van der Waals surface area contributed by atoms with Gasteiger partial charge in [0.05, 0.1) is 5.02 Å². The molecule has 5 nitrogen and oxygen atoms in total. The number of carbonyl (C=O) groups is 1. The Labute approximate surface area is 140 Å². The first kappa shape index (κ1) is 15.6. The summed E-state index contributed by atoms with van der Waals surface area (Å²) in [5, 5.41) is 9.33. The van der Waals surface area contributed by atoms with Gasteiger partial charge in [0.15, 0.2) is 5.69 Å². The molecule has 1 saturated heterocycles. The number of aromatic nitrogens is 1. The normalized spacial score (nSPS) is 15.3. The number of hydrogen-bond donors (Lipinski definition) is 1. The Morgan fingerprint density at radius 2 is 1.70 bits per heavy atom. The zero-order chi connectivity index (χ0) is 16.2. The Bertz CT molecular complexity index is 693. The van der Waals surface area contributed by atoms with E-state index in [1.165, 1.54) is 5.69 Å². The molecule has 1 N–H and O–H groups in total. The van der Waals surface area contributed by atoms with Gasteiger partial charge in [0.25, 0.3) is 0 Å². The number of carboxylic acid groups (broad SMARTS) is 1. The van der Waals surface area contributed by atoms with Crippen LogP contribution in [0.2, 0.25) is 5.02 Å². The molecule has 1 aliphatic heterocycles. The molecule has 1 aromatic heterocycles. The van der Waals surface area contributed by atoms with Crippen LogP contribution in [0.1, 0.15) is 16.9 Å². The van der Waals surface area contributed by atoms with Crippen molar-refractivity contribution in [2.45, 2.75) is 6.42 Å². The zero-order valence-electron chi connectivity index (χ0n) is 12.7. The van der Waals surface area contributed by atoms with Crippen molar-refractivity contribution in [3.05, 3.63) is 53.2 Å². The van der Waals surface area contributed by atoms with Crippen molar-refractivity contribution in [1.29, 1.82) is 0 Å². The predicted molar refractivity (Wildman–Crippen MR) is 91.7 cm³/mol. The Kier molecular flexibility index (Phi) is 4.67. The number of anilines is 2. The van der Waals surface area contributed by atoms with Crippen molar-refractivity contribution in [2.24, 2.45) is 0 Å². The maximum absolute atomic E-state index is 11.2. The number of halogens is 1. The molecule has 0 aliphatic carbocycles. The smallest absolute Gasteiger partial charge is 0.356 e. The SMILES string of the molecule is O=C(O)c1nc(N2CCCN(c3ccccc3)CC2)ccc1Cl. The second-order valence-corrected chi connectivity index (χ2v) is 5.88. The lowest BCUT2D eigenvalue weighted by Crippen LogP contribution is -2.31. The fraction of sp³-hybridized carbons (Fsp3) is 0.294. The molecule has 0 bridgehead atoms. The van der Waals surface area contributed by atoms with Gasteiger partial charge in [0, 0.05) is 31.9 Å². The summed E-state index contributed by atoms with van der Waals surface area (Å²) in [6.07, 6.45) is 0.988. The van der Waals surface area contributed by atoms with Crippen molar-refractivity contribution in [1.82, 2.24) is 4.98 Å². The lowest BCUT2D eigenvalue weighted by Gasteiger charge is -2.24. The van der Waals surface area contributed by atoms with Crippen LogP contribution in [0, 0.1) is 0 Å². The van der Waals surface area contributed by atoms with Gasteiger partial charge in [-0.1, -0.05) is 29.8 Å². The lowest BCUT2D eigenvalue weighted by atomic mass is 10.3. The highest BCUT2D eigenvalue weighted by Crippen LogP contribution is 2.22. The van der Waals surface area contributed by atoms with Crippen LogP contribution in [0.3, 0.4) is 0 Å². The Hall–Kier alpha value is -2.27. The molecule has 6 heteroatoms. The van der Waals surface area contributed by atoms with E-state index in [1.807, 2.05) is 18.2 Å². The van der Waals surface area contributed by atoms with Crippen LogP contribution in [-0.2, 0) is 0 Å². The van der Waals surface area contributed by atoms with Gasteiger partial charge in [0.2, 0.25) is 0 Å². The fourth-order valence-corrected chi connectivity index (χ4v) is 2.99. The number of aromatic carboxylic acids is 1. The quantitative estimate of drug-likeness (QED) is 0.936. The van der Waals surface area contributed by atoms with Crippen molar-refractivity contribution >= 4 is 29.1 Å². The van der Waals surface area contributed by atoms with Crippen molar-refractivity contribution in [2.75, 3.05) is 36.0 Å². The highest BCUT2D eigenvalue weighted by molar-refractivity contribution is 6.33.